The second kappa shape index (κ2) is 27.6. The third kappa shape index (κ3) is 14.8. The van der Waals surface area contributed by atoms with E-state index in [1.165, 1.54) is 66.5 Å². The Kier molecular flexibility index (Phi) is 20.5. The number of rotatable bonds is 13. The quantitative estimate of drug-likeness (QED) is 0.0520. The smallest absolute Gasteiger partial charge is 0.263 e. The van der Waals surface area contributed by atoms with E-state index < -0.39 is 0 Å². The summed E-state index contributed by atoms with van der Waals surface area (Å²) in [6.45, 7) is 35.6. The van der Waals surface area contributed by atoms with E-state index in [0.29, 0.717) is 24.7 Å². The molecule has 0 amide bonds. The maximum Gasteiger partial charge on any atom is 0.263 e. The minimum Gasteiger partial charge on any atom is -0.582 e. The molecule has 0 atom stereocenters. The van der Waals surface area contributed by atoms with Crippen LogP contribution in [0.5, 0.6) is 34.5 Å². The Morgan fingerprint density at radius 1 is 0.407 bits per heavy atom. The zero-order valence-electron chi connectivity index (χ0n) is 55.4. The van der Waals surface area contributed by atoms with Crippen molar-refractivity contribution in [2.45, 2.75) is 118 Å². The first-order valence-electron chi connectivity index (χ1n) is 31.0. The number of fused-ring (bicyclic) bond motifs is 6. The molecule has 0 bridgehead atoms. The Hall–Kier alpha value is -7.83. The Morgan fingerprint density at radius 3 is 0.956 bits per heavy atom. The van der Waals surface area contributed by atoms with Gasteiger partial charge in [-0.2, -0.15) is 49.2 Å². The molecular formula is C80H88HfN2O6S2. The summed E-state index contributed by atoms with van der Waals surface area (Å²) >= 11 is 3.03. The van der Waals surface area contributed by atoms with Gasteiger partial charge < -0.3 is 38.3 Å². The fourth-order valence-corrected chi connectivity index (χ4v) is 13.2. The summed E-state index contributed by atoms with van der Waals surface area (Å²) in [5.74, 6) is 3.41. The van der Waals surface area contributed by atoms with Crippen molar-refractivity contribution in [3.8, 4) is 66.8 Å². The first-order chi connectivity index (χ1) is 42.7. The number of methoxy groups -OCH3 is 2. The normalized spacial score (nSPS) is 11.9. The monoisotopic (exact) mass is 1420 g/mol. The summed E-state index contributed by atoms with van der Waals surface area (Å²) in [6, 6.07) is 58.5. The number of unbranched alkanes of at least 4 members (excludes halogenated alkanes) is 1. The molecule has 12 rings (SSSR count). The maximum absolute atomic E-state index is 12.3. The number of hydrogen-bond acceptors (Lipinski definition) is 6. The molecule has 8 nitrogen and oxygen atoms in total. The van der Waals surface area contributed by atoms with Crippen LogP contribution >= 0.6 is 22.7 Å². The minimum absolute atomic E-state index is 0. The van der Waals surface area contributed by atoms with Gasteiger partial charge in [-0.15, -0.1) is 46.9 Å². The van der Waals surface area contributed by atoms with Gasteiger partial charge in [0.05, 0.1) is 68.5 Å². The Balaban J connectivity index is 0.000000577. The SMILES string of the molecule is COc1ccc([OH+]CCCC[OH+]c2ccc(OC)cc2-c2scc(-n3c4ccc(C(C)(C)C)cc4c4cc(C(C)(C)C)ccc43)c2O)c(-c2scc(-n3c4ccc(C(C)(C)C)cc4c4cc(C(C)(C)C)ccc43)c2O)c1.[CH2-]c1ccccc1.[CH2-]c1ccccc1.[Hf]. The fraction of sp³-hybridized carbons (Fsp3) is 0.275. The Morgan fingerprint density at radius 2 is 0.703 bits per heavy atom. The van der Waals surface area contributed by atoms with Gasteiger partial charge in [0.1, 0.15) is 11.5 Å². The average molecular weight is 1420 g/mol. The molecule has 4 aromatic heterocycles. The Labute approximate surface area is 565 Å². The van der Waals surface area contributed by atoms with Crippen LogP contribution in [-0.4, -0.2) is 56.3 Å². The van der Waals surface area contributed by atoms with Crippen LogP contribution in [0, 0.1) is 13.8 Å². The molecule has 4 heterocycles. The van der Waals surface area contributed by atoms with Crippen molar-refractivity contribution in [1.82, 2.24) is 9.13 Å². The summed E-state index contributed by atoms with van der Waals surface area (Å²) in [4.78, 5) is 1.48. The molecule has 0 spiro atoms. The second-order valence-electron chi connectivity index (χ2n) is 27.4. The van der Waals surface area contributed by atoms with Gasteiger partial charge in [0.2, 0.25) is 0 Å². The molecule has 0 saturated heterocycles. The van der Waals surface area contributed by atoms with E-state index in [9.17, 15) is 10.2 Å². The van der Waals surface area contributed by atoms with E-state index in [2.05, 4.69) is 190 Å². The van der Waals surface area contributed by atoms with Crippen LogP contribution in [0.1, 0.15) is 129 Å². The van der Waals surface area contributed by atoms with E-state index in [-0.39, 0.29) is 59.0 Å². The average Bonchev–Trinajstić information content (AvgIpc) is 1.59. The topological polar surface area (TPSA) is 94.4 Å². The predicted molar refractivity (Wildman–Crippen MR) is 384 cm³/mol. The van der Waals surface area contributed by atoms with Crippen molar-refractivity contribution in [1.29, 1.82) is 0 Å². The van der Waals surface area contributed by atoms with Gasteiger partial charge in [0, 0.05) is 83.1 Å². The Bertz CT molecular complexity index is 4060. The van der Waals surface area contributed by atoms with Gasteiger partial charge in [0.25, 0.3) is 11.5 Å². The van der Waals surface area contributed by atoms with Crippen molar-refractivity contribution in [3.05, 3.63) is 228 Å². The van der Waals surface area contributed by atoms with Crippen molar-refractivity contribution >= 4 is 66.3 Å². The number of nitrogens with zero attached hydrogens (tertiary/aromatic N) is 2. The number of aromatic nitrogens is 2. The summed E-state index contributed by atoms with van der Waals surface area (Å²) in [5, 5.41) is 33.4. The van der Waals surface area contributed by atoms with Crippen LogP contribution in [0.2, 0.25) is 0 Å². The largest absolute Gasteiger partial charge is 0.582 e. The number of hydrogen-bond donors (Lipinski definition) is 2. The molecule has 0 aliphatic carbocycles. The fourth-order valence-electron chi connectivity index (χ4n) is 11.3. The third-order valence-corrected chi connectivity index (χ3v) is 18.7. The first-order valence-corrected chi connectivity index (χ1v) is 32.8. The molecule has 0 aliphatic heterocycles. The number of aromatic hydroxyl groups is 4. The molecule has 0 unspecified atom stereocenters. The van der Waals surface area contributed by atoms with E-state index in [1.807, 2.05) is 97.1 Å². The predicted octanol–water partition coefficient (Wildman–Crippen LogP) is 21.7. The van der Waals surface area contributed by atoms with Gasteiger partial charge in [-0.05, 0) is 117 Å². The molecule has 0 fully saturated rings. The zero-order valence-corrected chi connectivity index (χ0v) is 60.6. The summed E-state index contributed by atoms with van der Waals surface area (Å²) < 4.78 is 26.1. The van der Waals surface area contributed by atoms with E-state index in [4.69, 9.17) is 18.9 Å². The standard InChI is InChI=1S/C66H72N2O6S2.2C7H7.Hf/c1-63(2,3)39-17-23-51-45(31-39)46-32-40(64(4,5)6)18-24-52(46)67(51)55-37-75-61(59(55)69)49-35-43(71-13)21-27-57(49)73-29-15-16-30-74-58-28-22-44(72-14)36-50(58)62-60(70)56(38-76-62)68-53-25-19-41(65(7,8)9)33-47(53)48-34-42(66(10,11)12)20-26-54(48)68;2*1-7-5-3-2-4-6-7;/h17-28,31-38,69-70H,15-16,29-30H2,1-14H3;2*2-6H,1H2;/q;2*-1;/p+2. The number of benzene rings is 8. The molecule has 0 saturated carbocycles. The number of thiophene rings is 2. The molecule has 0 aliphatic rings. The molecule has 0 radical (unpaired) electrons. The second-order valence-corrected chi connectivity index (χ2v) is 29.2. The first kappa shape index (κ1) is 67.6. The molecule has 11 heteroatoms. The number of aliphatic hydroxyl groups is 2. The molecule has 8 aromatic carbocycles. The van der Waals surface area contributed by atoms with Crippen LogP contribution in [0.3, 0.4) is 0 Å². The van der Waals surface area contributed by atoms with Crippen LogP contribution in [-0.2, 0) is 47.5 Å². The van der Waals surface area contributed by atoms with Gasteiger partial charge >= 0.3 is 0 Å². The van der Waals surface area contributed by atoms with Gasteiger partial charge in [-0.3, -0.25) is 0 Å². The van der Waals surface area contributed by atoms with Crippen molar-refractivity contribution < 1.29 is 55.0 Å². The van der Waals surface area contributed by atoms with Crippen LogP contribution in [0.15, 0.2) is 181 Å². The van der Waals surface area contributed by atoms with Gasteiger partial charge in [-0.1, -0.05) is 119 Å². The molecule has 91 heavy (non-hydrogen) atoms. The summed E-state index contributed by atoms with van der Waals surface area (Å²) in [5.41, 5.74) is 14.5. The summed E-state index contributed by atoms with van der Waals surface area (Å²) in [6.07, 6.45) is 1.60. The van der Waals surface area contributed by atoms with Crippen molar-refractivity contribution in [2.24, 2.45) is 0 Å². The van der Waals surface area contributed by atoms with E-state index in [1.54, 1.807) is 14.2 Å². The third-order valence-electron chi connectivity index (χ3n) is 16.7. The van der Waals surface area contributed by atoms with Gasteiger partial charge in [-0.25, -0.2) is 0 Å². The minimum atomic E-state index is -0.0187. The van der Waals surface area contributed by atoms with Crippen LogP contribution in [0.4, 0.5) is 0 Å². The number of ether oxygens (including phenoxy) is 4. The van der Waals surface area contributed by atoms with Crippen LogP contribution < -0.4 is 9.47 Å². The van der Waals surface area contributed by atoms with E-state index in [0.717, 1.165) is 89.8 Å². The van der Waals surface area contributed by atoms with Gasteiger partial charge in [0.15, 0.2) is 24.7 Å². The van der Waals surface area contributed by atoms with Crippen molar-refractivity contribution in [3.63, 3.8) is 0 Å². The summed E-state index contributed by atoms with van der Waals surface area (Å²) in [7, 11) is 3.33. The molecule has 4 N–H and O–H groups in total. The van der Waals surface area contributed by atoms with E-state index >= 15 is 0 Å². The maximum atomic E-state index is 12.3. The molecule has 12 aromatic rings. The van der Waals surface area contributed by atoms with Crippen LogP contribution in [0.25, 0.3) is 75.9 Å². The van der Waals surface area contributed by atoms with Crippen molar-refractivity contribution in [2.75, 3.05) is 27.4 Å². The molecular weight excluding hydrogens is 1330 g/mol. The zero-order chi connectivity index (χ0) is 64.5. The molecule has 470 valence electrons.